The smallest absolute Gasteiger partial charge is 0.433 e. The van der Waals surface area contributed by atoms with Crippen LogP contribution >= 0.6 is 15.9 Å². The molecule has 2 aromatic rings. The number of nitrogens with zero attached hydrogens (tertiary/aromatic N) is 3. The van der Waals surface area contributed by atoms with Gasteiger partial charge >= 0.3 is 6.18 Å². The van der Waals surface area contributed by atoms with Crippen LogP contribution in [0.3, 0.4) is 0 Å². The van der Waals surface area contributed by atoms with Crippen molar-refractivity contribution in [2.24, 2.45) is 0 Å². The van der Waals surface area contributed by atoms with Gasteiger partial charge in [-0.25, -0.2) is 4.98 Å². The lowest BCUT2D eigenvalue weighted by Crippen LogP contribution is -2.31. The fraction of sp³-hybridized carbons (Fsp3) is 0.312. The number of carbonyl (C=O) groups excluding carboxylic acids is 1. The Bertz CT molecular complexity index is 751. The first-order chi connectivity index (χ1) is 11.8. The van der Waals surface area contributed by atoms with Crippen LogP contribution in [0.2, 0.25) is 0 Å². The number of aromatic nitrogens is 2. The van der Waals surface area contributed by atoms with Crippen LogP contribution in [0.15, 0.2) is 41.1 Å². The van der Waals surface area contributed by atoms with E-state index in [9.17, 15) is 18.0 Å². The SMILES string of the molecule is O=C(c1ccc(C(F)(F)F)nc1)N1CCC(Oc2ccc(Br)cn2)C1. The van der Waals surface area contributed by atoms with Crippen LogP contribution in [0.4, 0.5) is 13.2 Å². The molecule has 1 atom stereocenters. The van der Waals surface area contributed by atoms with Crippen molar-refractivity contribution in [3.05, 3.63) is 52.4 Å². The number of rotatable bonds is 3. The topological polar surface area (TPSA) is 55.3 Å². The fourth-order valence-electron chi connectivity index (χ4n) is 2.48. The number of alkyl halides is 3. The summed E-state index contributed by atoms with van der Waals surface area (Å²) < 4.78 is 44.1. The van der Waals surface area contributed by atoms with E-state index >= 15 is 0 Å². The number of amides is 1. The molecule has 2 aromatic heterocycles. The molecule has 0 aromatic carbocycles. The number of hydrogen-bond acceptors (Lipinski definition) is 4. The van der Waals surface area contributed by atoms with Crippen LogP contribution in [0.25, 0.3) is 0 Å². The van der Waals surface area contributed by atoms with Gasteiger partial charge in [0.1, 0.15) is 11.8 Å². The van der Waals surface area contributed by atoms with Gasteiger partial charge in [-0.15, -0.1) is 0 Å². The van der Waals surface area contributed by atoms with E-state index in [0.717, 1.165) is 22.8 Å². The number of carbonyl (C=O) groups is 1. The Morgan fingerprint density at radius 2 is 2.00 bits per heavy atom. The standard InChI is InChI=1S/C16H13BrF3N3O2/c17-11-2-4-14(22-8-11)25-12-5-6-23(9-12)15(24)10-1-3-13(21-7-10)16(18,19)20/h1-4,7-8,12H,5-6,9H2. The molecule has 0 aliphatic carbocycles. The summed E-state index contributed by atoms with van der Waals surface area (Å²) in [5, 5.41) is 0. The van der Waals surface area contributed by atoms with Gasteiger partial charge in [0, 0.05) is 35.9 Å². The van der Waals surface area contributed by atoms with Crippen LogP contribution in [-0.2, 0) is 6.18 Å². The summed E-state index contributed by atoms with van der Waals surface area (Å²) in [7, 11) is 0. The first-order valence-corrected chi connectivity index (χ1v) is 8.23. The minimum atomic E-state index is -4.52. The third-order valence-corrected chi connectivity index (χ3v) is 4.19. The first-order valence-electron chi connectivity index (χ1n) is 7.43. The summed E-state index contributed by atoms with van der Waals surface area (Å²) in [6.07, 6.45) is -1.54. The zero-order valence-electron chi connectivity index (χ0n) is 12.8. The highest BCUT2D eigenvalue weighted by atomic mass is 79.9. The molecular weight excluding hydrogens is 403 g/mol. The largest absolute Gasteiger partial charge is 0.472 e. The number of likely N-dealkylation sites (tertiary alicyclic amines) is 1. The first kappa shape index (κ1) is 17.7. The summed E-state index contributed by atoms with van der Waals surface area (Å²) in [6, 6.07) is 5.47. The maximum Gasteiger partial charge on any atom is 0.433 e. The fourth-order valence-corrected chi connectivity index (χ4v) is 2.72. The molecule has 9 heteroatoms. The average molecular weight is 416 g/mol. The minimum absolute atomic E-state index is 0.121. The van der Waals surface area contributed by atoms with Gasteiger partial charge in [-0.1, -0.05) is 0 Å². The Kier molecular flexibility index (Phi) is 4.94. The van der Waals surface area contributed by atoms with Gasteiger partial charge in [-0.05, 0) is 34.1 Å². The molecule has 3 heterocycles. The Hall–Kier alpha value is -2.16. The van der Waals surface area contributed by atoms with Crippen molar-refractivity contribution in [3.63, 3.8) is 0 Å². The predicted molar refractivity (Wildman–Crippen MR) is 86.1 cm³/mol. The Morgan fingerprint density at radius 1 is 1.20 bits per heavy atom. The van der Waals surface area contributed by atoms with Crippen molar-refractivity contribution < 1.29 is 22.7 Å². The molecule has 0 bridgehead atoms. The normalized spacial score (nSPS) is 17.6. The second kappa shape index (κ2) is 6.99. The van der Waals surface area contributed by atoms with E-state index in [1.165, 1.54) is 4.90 Å². The van der Waals surface area contributed by atoms with Crippen molar-refractivity contribution >= 4 is 21.8 Å². The van der Waals surface area contributed by atoms with Crippen molar-refractivity contribution in [1.82, 2.24) is 14.9 Å². The van der Waals surface area contributed by atoms with Crippen LogP contribution in [0.1, 0.15) is 22.5 Å². The van der Waals surface area contributed by atoms with Crippen LogP contribution < -0.4 is 4.74 Å². The monoisotopic (exact) mass is 415 g/mol. The third-order valence-electron chi connectivity index (χ3n) is 3.72. The molecular formula is C16H13BrF3N3O2. The van der Waals surface area contributed by atoms with Crippen molar-refractivity contribution in [3.8, 4) is 5.88 Å². The molecule has 1 amide bonds. The van der Waals surface area contributed by atoms with Crippen molar-refractivity contribution in [2.45, 2.75) is 18.7 Å². The van der Waals surface area contributed by atoms with E-state index < -0.39 is 11.9 Å². The number of pyridine rings is 2. The van der Waals surface area contributed by atoms with E-state index in [2.05, 4.69) is 25.9 Å². The lowest BCUT2D eigenvalue weighted by molar-refractivity contribution is -0.141. The molecule has 25 heavy (non-hydrogen) atoms. The van der Waals surface area contributed by atoms with Gasteiger partial charge in [-0.3, -0.25) is 9.78 Å². The highest BCUT2D eigenvalue weighted by Crippen LogP contribution is 2.27. The Morgan fingerprint density at radius 3 is 2.60 bits per heavy atom. The molecule has 1 aliphatic heterocycles. The van der Waals surface area contributed by atoms with Gasteiger partial charge < -0.3 is 9.64 Å². The second-order valence-electron chi connectivity index (χ2n) is 5.52. The van der Waals surface area contributed by atoms with Crippen molar-refractivity contribution in [1.29, 1.82) is 0 Å². The zero-order chi connectivity index (χ0) is 18.0. The Balaban J connectivity index is 1.61. The maximum atomic E-state index is 12.5. The lowest BCUT2D eigenvalue weighted by atomic mass is 10.2. The summed E-state index contributed by atoms with van der Waals surface area (Å²) in [5.74, 6) is 0.0924. The summed E-state index contributed by atoms with van der Waals surface area (Å²) in [4.78, 5) is 21.3. The highest BCUT2D eigenvalue weighted by molar-refractivity contribution is 9.10. The van der Waals surface area contributed by atoms with E-state index in [0.29, 0.717) is 25.4 Å². The predicted octanol–water partition coefficient (Wildman–Crippen LogP) is 3.55. The molecule has 1 saturated heterocycles. The molecule has 0 radical (unpaired) electrons. The van der Waals surface area contributed by atoms with Gasteiger partial charge in [0.25, 0.3) is 5.91 Å². The van der Waals surface area contributed by atoms with Gasteiger partial charge in [0.2, 0.25) is 5.88 Å². The van der Waals surface area contributed by atoms with E-state index in [1.807, 2.05) is 0 Å². The summed E-state index contributed by atoms with van der Waals surface area (Å²) in [6.45, 7) is 0.804. The molecule has 0 saturated carbocycles. The molecule has 0 spiro atoms. The molecule has 1 fully saturated rings. The van der Waals surface area contributed by atoms with Crippen molar-refractivity contribution in [2.75, 3.05) is 13.1 Å². The summed E-state index contributed by atoms with van der Waals surface area (Å²) >= 11 is 3.28. The number of halogens is 4. The number of hydrogen-bond donors (Lipinski definition) is 0. The maximum absolute atomic E-state index is 12.5. The lowest BCUT2D eigenvalue weighted by Gasteiger charge is -2.17. The second-order valence-corrected chi connectivity index (χ2v) is 6.44. The van der Waals surface area contributed by atoms with Gasteiger partial charge in [0.15, 0.2) is 0 Å². The van der Waals surface area contributed by atoms with E-state index in [-0.39, 0.29) is 17.6 Å². The molecule has 0 N–H and O–H groups in total. The zero-order valence-corrected chi connectivity index (χ0v) is 14.4. The summed E-state index contributed by atoms with van der Waals surface area (Å²) in [5.41, 5.74) is -0.900. The van der Waals surface area contributed by atoms with E-state index in [1.54, 1.807) is 18.3 Å². The van der Waals surface area contributed by atoms with Crippen LogP contribution in [-0.4, -0.2) is 40.0 Å². The van der Waals surface area contributed by atoms with Gasteiger partial charge in [0.05, 0.1) is 12.1 Å². The molecule has 3 rings (SSSR count). The third kappa shape index (κ3) is 4.28. The quantitative estimate of drug-likeness (QED) is 0.768. The average Bonchev–Trinajstić information content (AvgIpc) is 3.04. The van der Waals surface area contributed by atoms with Gasteiger partial charge in [-0.2, -0.15) is 13.2 Å². The molecule has 1 aliphatic rings. The Labute approximate surface area is 150 Å². The number of ether oxygens (including phenoxy) is 1. The van der Waals surface area contributed by atoms with Crippen LogP contribution in [0.5, 0.6) is 5.88 Å². The molecule has 1 unspecified atom stereocenters. The minimum Gasteiger partial charge on any atom is -0.472 e. The van der Waals surface area contributed by atoms with Crippen LogP contribution in [0, 0.1) is 0 Å². The molecule has 5 nitrogen and oxygen atoms in total. The van der Waals surface area contributed by atoms with E-state index in [4.69, 9.17) is 4.74 Å². The highest BCUT2D eigenvalue weighted by Gasteiger charge is 2.33. The molecule has 132 valence electrons.